The van der Waals surface area contributed by atoms with E-state index in [1.54, 1.807) is 0 Å². The van der Waals surface area contributed by atoms with Crippen LogP contribution >= 0.6 is 0 Å². The van der Waals surface area contributed by atoms with Gasteiger partial charge in [-0.05, 0) is 17.7 Å². The summed E-state index contributed by atoms with van der Waals surface area (Å²) >= 11 is 0. The second-order valence-corrected chi connectivity index (χ2v) is 3.39. The van der Waals surface area contributed by atoms with E-state index in [2.05, 4.69) is 9.97 Å². The van der Waals surface area contributed by atoms with Gasteiger partial charge in [0.1, 0.15) is 17.5 Å². The van der Waals surface area contributed by atoms with Crippen molar-refractivity contribution in [1.29, 1.82) is 0 Å². The van der Waals surface area contributed by atoms with Gasteiger partial charge in [-0.25, -0.2) is 13.8 Å². The molecule has 0 saturated heterocycles. The number of hydrogen-bond acceptors (Lipinski definition) is 3. The monoisotopic (exact) mass is 221 g/mol. The topological polar surface area (TPSA) is 51.8 Å². The number of anilines is 1. The third-order valence-electron chi connectivity index (χ3n) is 2.01. The molecule has 3 nitrogen and oxygen atoms in total. The van der Waals surface area contributed by atoms with Gasteiger partial charge in [-0.3, -0.25) is 4.98 Å². The molecule has 2 N–H and O–H groups in total. The minimum atomic E-state index is -0.605. The van der Waals surface area contributed by atoms with Crippen LogP contribution in [0.5, 0.6) is 0 Å². The lowest BCUT2D eigenvalue weighted by atomic mass is 10.1. The highest BCUT2D eigenvalue weighted by molar-refractivity contribution is 5.27. The third kappa shape index (κ3) is 2.50. The highest BCUT2D eigenvalue weighted by Gasteiger charge is 2.03. The predicted molar refractivity (Wildman–Crippen MR) is 55.6 cm³/mol. The third-order valence-corrected chi connectivity index (χ3v) is 2.01. The van der Waals surface area contributed by atoms with Gasteiger partial charge in [0, 0.05) is 18.7 Å². The van der Waals surface area contributed by atoms with Crippen molar-refractivity contribution in [1.82, 2.24) is 9.97 Å². The quantitative estimate of drug-likeness (QED) is 0.842. The molecule has 0 amide bonds. The van der Waals surface area contributed by atoms with Crippen molar-refractivity contribution in [2.24, 2.45) is 0 Å². The molecule has 82 valence electrons. The zero-order chi connectivity index (χ0) is 11.5. The molecule has 0 atom stereocenters. The molecule has 2 rings (SSSR count). The van der Waals surface area contributed by atoms with E-state index >= 15 is 0 Å². The minimum absolute atomic E-state index is 0.286. The Bertz CT molecular complexity index is 494. The Morgan fingerprint density at radius 2 is 1.75 bits per heavy atom. The number of rotatable bonds is 2. The molecule has 1 aromatic heterocycles. The maximum atomic E-state index is 12.9. The van der Waals surface area contributed by atoms with Gasteiger partial charge < -0.3 is 5.73 Å². The number of nitrogen functional groups attached to an aromatic ring is 1. The molecule has 0 aliphatic heterocycles. The number of aromatic nitrogens is 2. The normalized spacial score (nSPS) is 10.4. The van der Waals surface area contributed by atoms with E-state index in [0.29, 0.717) is 17.7 Å². The van der Waals surface area contributed by atoms with Crippen LogP contribution in [0, 0.1) is 11.6 Å². The zero-order valence-corrected chi connectivity index (χ0v) is 8.32. The van der Waals surface area contributed by atoms with E-state index in [0.717, 1.165) is 6.07 Å². The van der Waals surface area contributed by atoms with Gasteiger partial charge in [-0.2, -0.15) is 0 Å². The maximum Gasteiger partial charge on any atom is 0.142 e. The van der Waals surface area contributed by atoms with E-state index in [1.165, 1.54) is 24.5 Å². The van der Waals surface area contributed by atoms with Gasteiger partial charge in [0.2, 0.25) is 0 Å². The highest BCUT2D eigenvalue weighted by Crippen LogP contribution is 2.12. The second kappa shape index (κ2) is 4.22. The summed E-state index contributed by atoms with van der Waals surface area (Å²) in [6, 6.07) is 3.34. The first-order valence-corrected chi connectivity index (χ1v) is 4.65. The van der Waals surface area contributed by atoms with Crippen molar-refractivity contribution in [2.45, 2.75) is 6.42 Å². The van der Waals surface area contributed by atoms with Crippen LogP contribution in [0.4, 0.5) is 14.6 Å². The summed E-state index contributed by atoms with van der Waals surface area (Å²) in [6.07, 6.45) is 3.22. The van der Waals surface area contributed by atoms with Gasteiger partial charge >= 0.3 is 0 Å². The van der Waals surface area contributed by atoms with Crippen molar-refractivity contribution in [3.8, 4) is 0 Å². The molecule has 0 aliphatic rings. The van der Waals surface area contributed by atoms with Gasteiger partial charge in [-0.15, -0.1) is 0 Å². The van der Waals surface area contributed by atoms with E-state index in [1.807, 2.05) is 0 Å². The van der Waals surface area contributed by atoms with Crippen LogP contribution in [0.15, 0.2) is 30.6 Å². The molecular formula is C11H9F2N3. The van der Waals surface area contributed by atoms with Crippen molar-refractivity contribution in [3.05, 3.63) is 53.5 Å². The smallest absolute Gasteiger partial charge is 0.142 e. The lowest BCUT2D eigenvalue weighted by molar-refractivity contribution is 0.580. The first-order valence-electron chi connectivity index (χ1n) is 4.65. The Hall–Kier alpha value is -2.04. The predicted octanol–water partition coefficient (Wildman–Crippen LogP) is 1.93. The van der Waals surface area contributed by atoms with Gasteiger partial charge in [0.25, 0.3) is 0 Å². The fourth-order valence-electron chi connectivity index (χ4n) is 1.43. The molecule has 0 radical (unpaired) electrons. The summed E-state index contributed by atoms with van der Waals surface area (Å²) in [4.78, 5) is 7.85. The molecule has 16 heavy (non-hydrogen) atoms. The largest absolute Gasteiger partial charge is 0.382 e. The van der Waals surface area contributed by atoms with E-state index in [9.17, 15) is 8.78 Å². The van der Waals surface area contributed by atoms with Crippen LogP contribution in [0.3, 0.4) is 0 Å². The molecule has 2 aromatic rings. The summed E-state index contributed by atoms with van der Waals surface area (Å²) < 4.78 is 25.8. The first kappa shape index (κ1) is 10.5. The number of nitrogens with zero attached hydrogens (tertiary/aromatic N) is 2. The average molecular weight is 221 g/mol. The van der Waals surface area contributed by atoms with Crippen molar-refractivity contribution < 1.29 is 8.78 Å². The van der Waals surface area contributed by atoms with E-state index in [-0.39, 0.29) is 5.82 Å². The Balaban J connectivity index is 2.27. The van der Waals surface area contributed by atoms with Crippen LogP contribution in [0.1, 0.15) is 11.3 Å². The molecule has 0 unspecified atom stereocenters. The number of benzene rings is 1. The molecule has 0 spiro atoms. The lowest BCUT2D eigenvalue weighted by Gasteiger charge is -2.02. The van der Waals surface area contributed by atoms with Crippen LogP contribution < -0.4 is 5.73 Å². The average Bonchev–Trinajstić information content (AvgIpc) is 2.15. The zero-order valence-electron chi connectivity index (χ0n) is 8.32. The summed E-state index contributed by atoms with van der Waals surface area (Å²) in [5.74, 6) is -0.923. The molecule has 1 heterocycles. The van der Waals surface area contributed by atoms with Crippen LogP contribution in [-0.4, -0.2) is 9.97 Å². The number of nitrogens with two attached hydrogens (primary N) is 1. The first-order chi connectivity index (χ1) is 7.63. The molecule has 0 fully saturated rings. The molecule has 0 aliphatic carbocycles. The van der Waals surface area contributed by atoms with Crippen molar-refractivity contribution in [2.75, 3.05) is 5.73 Å². The Morgan fingerprint density at radius 1 is 1.06 bits per heavy atom. The van der Waals surface area contributed by atoms with Crippen LogP contribution in [-0.2, 0) is 6.42 Å². The molecule has 5 heteroatoms. The van der Waals surface area contributed by atoms with Crippen molar-refractivity contribution in [3.63, 3.8) is 0 Å². The standard InChI is InChI=1S/C11H9F2N3/c12-8-1-7(2-9(13)4-8)3-10-5-15-6-11(14)16-10/h1-2,4-6H,3H2,(H2,14,16). The number of halogens is 2. The van der Waals surface area contributed by atoms with Crippen LogP contribution in [0.25, 0.3) is 0 Å². The Labute approximate surface area is 91.0 Å². The highest BCUT2D eigenvalue weighted by atomic mass is 19.1. The molecule has 0 bridgehead atoms. The SMILES string of the molecule is Nc1cncc(Cc2cc(F)cc(F)c2)n1. The number of hydrogen-bond donors (Lipinski definition) is 1. The Kier molecular flexibility index (Phi) is 2.76. The summed E-state index contributed by atoms with van der Waals surface area (Å²) in [5.41, 5.74) is 6.52. The minimum Gasteiger partial charge on any atom is -0.382 e. The summed E-state index contributed by atoms with van der Waals surface area (Å²) in [6.45, 7) is 0. The van der Waals surface area contributed by atoms with E-state index in [4.69, 9.17) is 5.73 Å². The van der Waals surface area contributed by atoms with Crippen LogP contribution in [0.2, 0.25) is 0 Å². The van der Waals surface area contributed by atoms with Gasteiger partial charge in [-0.1, -0.05) is 0 Å². The fraction of sp³-hybridized carbons (Fsp3) is 0.0909. The lowest BCUT2D eigenvalue weighted by Crippen LogP contribution is -1.98. The second-order valence-electron chi connectivity index (χ2n) is 3.39. The molecule has 1 aromatic carbocycles. The van der Waals surface area contributed by atoms with Gasteiger partial charge in [0.15, 0.2) is 0 Å². The Morgan fingerprint density at radius 3 is 2.38 bits per heavy atom. The summed E-state index contributed by atoms with van der Waals surface area (Å²) in [7, 11) is 0. The maximum absolute atomic E-state index is 12.9. The molecule has 0 saturated carbocycles. The van der Waals surface area contributed by atoms with Gasteiger partial charge in [0.05, 0.1) is 11.9 Å². The fourth-order valence-corrected chi connectivity index (χ4v) is 1.43. The summed E-state index contributed by atoms with van der Waals surface area (Å²) in [5, 5.41) is 0. The molecular weight excluding hydrogens is 212 g/mol. The van der Waals surface area contributed by atoms with Crippen molar-refractivity contribution >= 4 is 5.82 Å². The van der Waals surface area contributed by atoms with E-state index < -0.39 is 11.6 Å².